The molecule has 0 radical (unpaired) electrons. The highest BCUT2D eigenvalue weighted by molar-refractivity contribution is 7.98. The Bertz CT molecular complexity index is 1390. The first-order valence-electron chi connectivity index (χ1n) is 10.5. The van der Waals surface area contributed by atoms with Gasteiger partial charge in [-0.2, -0.15) is 5.10 Å². The molecule has 0 spiro atoms. The summed E-state index contributed by atoms with van der Waals surface area (Å²) in [4.78, 5) is 19.1. The van der Waals surface area contributed by atoms with E-state index in [4.69, 9.17) is 0 Å². The molecule has 13 heteroatoms. The van der Waals surface area contributed by atoms with Crippen molar-refractivity contribution in [3.05, 3.63) is 94.6 Å². The molecular formula is C24H25F4N5O3S. The summed E-state index contributed by atoms with van der Waals surface area (Å²) in [6.07, 6.45) is 3.17. The Kier molecular flexibility index (Phi) is 9.61. The highest BCUT2D eigenvalue weighted by Crippen LogP contribution is 2.29. The molecule has 8 nitrogen and oxygen atoms in total. The molecule has 2 aromatic heterocycles. The number of amides is 1. The third-order valence-electron chi connectivity index (χ3n) is 5.39. The van der Waals surface area contributed by atoms with Gasteiger partial charge in [-0.3, -0.25) is 14.0 Å². The van der Waals surface area contributed by atoms with Crippen LogP contribution in [-0.4, -0.2) is 48.1 Å². The van der Waals surface area contributed by atoms with E-state index in [2.05, 4.69) is 10.1 Å². The van der Waals surface area contributed by atoms with Crippen LogP contribution in [0.4, 0.5) is 17.6 Å². The molecule has 1 amide bonds. The monoisotopic (exact) mass is 539 g/mol. The van der Waals surface area contributed by atoms with Crippen molar-refractivity contribution in [3.63, 3.8) is 0 Å². The van der Waals surface area contributed by atoms with E-state index < -0.39 is 28.8 Å². The van der Waals surface area contributed by atoms with E-state index in [1.165, 1.54) is 39.9 Å². The Labute approximate surface area is 214 Å². The minimum absolute atomic E-state index is 0. The fourth-order valence-corrected chi connectivity index (χ4v) is 4.59. The predicted octanol–water partition coefficient (Wildman–Crippen LogP) is 3.39. The van der Waals surface area contributed by atoms with Crippen LogP contribution in [0.5, 0.6) is 0 Å². The lowest BCUT2D eigenvalue weighted by Gasteiger charge is -2.18. The summed E-state index contributed by atoms with van der Waals surface area (Å²) in [5.41, 5.74) is 1.81. The molecular weight excluding hydrogens is 514 g/mol. The van der Waals surface area contributed by atoms with Crippen LogP contribution in [0, 0.1) is 30.2 Å². The van der Waals surface area contributed by atoms with Crippen LogP contribution >= 0.6 is 11.8 Å². The molecule has 0 aliphatic carbocycles. The topological polar surface area (TPSA) is 119 Å². The van der Waals surface area contributed by atoms with Crippen LogP contribution in [0.25, 0.3) is 5.69 Å². The maximum Gasteiger partial charge on any atom is 0.272 e. The van der Waals surface area contributed by atoms with Gasteiger partial charge in [0.15, 0.2) is 16.8 Å². The first-order valence-corrected chi connectivity index (χ1v) is 11.5. The molecule has 4 N–H and O–H groups in total. The van der Waals surface area contributed by atoms with Gasteiger partial charge in [0.05, 0.1) is 11.9 Å². The molecule has 0 aliphatic rings. The highest BCUT2D eigenvalue weighted by Gasteiger charge is 2.23. The molecule has 0 atom stereocenters. The van der Waals surface area contributed by atoms with E-state index in [-0.39, 0.29) is 40.0 Å². The van der Waals surface area contributed by atoms with Gasteiger partial charge in [-0.15, -0.1) is 0 Å². The maximum atomic E-state index is 14.1. The third-order valence-corrected chi connectivity index (χ3v) is 6.37. The molecule has 0 unspecified atom stereocenters. The number of benzene rings is 2. The van der Waals surface area contributed by atoms with E-state index in [1.807, 2.05) is 13.1 Å². The first kappa shape index (κ1) is 29.5. The van der Waals surface area contributed by atoms with Crippen LogP contribution in [0.2, 0.25) is 0 Å². The van der Waals surface area contributed by atoms with Crippen LogP contribution < -0.4 is 0 Å². The summed E-state index contributed by atoms with van der Waals surface area (Å²) >= 11 is 0.923. The van der Waals surface area contributed by atoms with Gasteiger partial charge in [-0.25, -0.2) is 22.5 Å². The fraction of sp³-hybridized carbons (Fsp3) is 0.208. The standard InChI is InChI=1S/C24H21F4N5OS.2H2O/c1-14-15(12-32(3)30-14)11-31(2)23(34)21-10-29-24(33(21)17-6-4-16(25)5-7-17)35-13-18-19(26)8-9-20(27)22(18)28;;/h4-10,12H,11,13H2,1-3H3;2*1H2. The van der Waals surface area contributed by atoms with Gasteiger partial charge in [-0.05, 0) is 43.3 Å². The summed E-state index contributed by atoms with van der Waals surface area (Å²) in [6, 6.07) is 6.96. The smallest absolute Gasteiger partial charge is 0.272 e. The summed E-state index contributed by atoms with van der Waals surface area (Å²) in [5, 5.41) is 4.51. The molecule has 0 saturated heterocycles. The van der Waals surface area contributed by atoms with Crippen LogP contribution in [0.3, 0.4) is 0 Å². The minimum Gasteiger partial charge on any atom is -0.412 e. The Morgan fingerprint density at radius 2 is 1.68 bits per heavy atom. The van der Waals surface area contributed by atoms with Gasteiger partial charge in [-0.1, -0.05) is 11.8 Å². The van der Waals surface area contributed by atoms with Crippen molar-refractivity contribution in [2.24, 2.45) is 7.05 Å². The van der Waals surface area contributed by atoms with Crippen LogP contribution in [-0.2, 0) is 19.3 Å². The molecule has 0 bridgehead atoms. The number of rotatable bonds is 7. The molecule has 2 aromatic carbocycles. The molecule has 4 aromatic rings. The summed E-state index contributed by atoms with van der Waals surface area (Å²) in [5.74, 6) is -4.44. The van der Waals surface area contributed by atoms with Crippen molar-refractivity contribution in [2.75, 3.05) is 7.05 Å². The number of imidazole rings is 1. The first-order chi connectivity index (χ1) is 16.7. The average Bonchev–Trinajstić information content (AvgIpc) is 3.38. The second kappa shape index (κ2) is 12.0. The van der Waals surface area contributed by atoms with Crippen molar-refractivity contribution in [1.29, 1.82) is 0 Å². The number of hydrogen-bond donors (Lipinski definition) is 0. The van der Waals surface area contributed by atoms with E-state index in [1.54, 1.807) is 18.8 Å². The van der Waals surface area contributed by atoms with Crippen molar-refractivity contribution in [1.82, 2.24) is 24.2 Å². The molecule has 2 heterocycles. The van der Waals surface area contributed by atoms with Gasteiger partial charge >= 0.3 is 0 Å². The van der Waals surface area contributed by atoms with E-state index in [9.17, 15) is 22.4 Å². The number of aryl methyl sites for hydroxylation is 2. The lowest BCUT2D eigenvalue weighted by molar-refractivity contribution is 0.0776. The number of nitrogens with zero attached hydrogens (tertiary/aromatic N) is 5. The van der Waals surface area contributed by atoms with Crippen LogP contribution in [0.15, 0.2) is 53.9 Å². The highest BCUT2D eigenvalue weighted by atomic mass is 32.2. The van der Waals surface area contributed by atoms with Crippen molar-refractivity contribution in [2.45, 2.75) is 24.4 Å². The zero-order chi connectivity index (χ0) is 25.3. The van der Waals surface area contributed by atoms with E-state index in [0.717, 1.165) is 35.2 Å². The van der Waals surface area contributed by atoms with Crippen molar-refractivity contribution >= 4 is 17.7 Å². The Morgan fingerprint density at radius 3 is 2.30 bits per heavy atom. The number of thioether (sulfide) groups is 1. The molecule has 198 valence electrons. The molecule has 37 heavy (non-hydrogen) atoms. The average molecular weight is 540 g/mol. The number of hydrogen-bond acceptors (Lipinski definition) is 4. The summed E-state index contributed by atoms with van der Waals surface area (Å²) < 4.78 is 58.6. The van der Waals surface area contributed by atoms with E-state index >= 15 is 0 Å². The van der Waals surface area contributed by atoms with Gasteiger partial charge < -0.3 is 15.9 Å². The Morgan fingerprint density at radius 1 is 1.03 bits per heavy atom. The van der Waals surface area contributed by atoms with Crippen molar-refractivity contribution in [3.8, 4) is 5.69 Å². The largest absolute Gasteiger partial charge is 0.412 e. The maximum absolute atomic E-state index is 14.1. The SMILES string of the molecule is Cc1nn(C)cc1CN(C)C(=O)c1cnc(SCc2c(F)ccc(F)c2F)n1-c1ccc(F)cc1.O.O. The molecule has 4 rings (SSSR count). The van der Waals surface area contributed by atoms with Gasteiger partial charge in [0.1, 0.15) is 17.3 Å². The molecule has 0 aliphatic heterocycles. The van der Waals surface area contributed by atoms with Gasteiger partial charge in [0.2, 0.25) is 0 Å². The predicted molar refractivity (Wildman–Crippen MR) is 130 cm³/mol. The lowest BCUT2D eigenvalue weighted by atomic mass is 10.2. The summed E-state index contributed by atoms with van der Waals surface area (Å²) in [6.45, 7) is 2.13. The number of aromatic nitrogens is 4. The van der Waals surface area contributed by atoms with Crippen molar-refractivity contribution < 1.29 is 33.3 Å². The Hall–Kier alpha value is -3.68. The molecule has 0 fully saturated rings. The third kappa shape index (κ3) is 6.18. The van der Waals surface area contributed by atoms with Gasteiger partial charge in [0.25, 0.3) is 5.91 Å². The van der Waals surface area contributed by atoms with E-state index in [0.29, 0.717) is 5.69 Å². The fourth-order valence-electron chi connectivity index (χ4n) is 3.59. The number of carbonyl (C=O) groups excluding carboxylic acids is 1. The summed E-state index contributed by atoms with van der Waals surface area (Å²) in [7, 11) is 3.41. The number of carbonyl (C=O) groups is 1. The second-order valence-corrected chi connectivity index (χ2v) is 8.87. The second-order valence-electron chi connectivity index (χ2n) is 7.92. The van der Waals surface area contributed by atoms with Gasteiger partial charge in [0, 0.05) is 49.4 Å². The molecule has 0 saturated carbocycles. The lowest BCUT2D eigenvalue weighted by Crippen LogP contribution is -2.28. The zero-order valence-corrected chi connectivity index (χ0v) is 20.9. The normalized spacial score (nSPS) is 10.6. The van der Waals surface area contributed by atoms with Crippen LogP contribution in [0.1, 0.15) is 27.3 Å². The minimum atomic E-state index is -1.28. The quantitative estimate of drug-likeness (QED) is 0.203. The zero-order valence-electron chi connectivity index (χ0n) is 20.1. The number of halogens is 4. The Balaban J connectivity index is 0.00000241.